The Balaban J connectivity index is 2.10. The van der Waals surface area contributed by atoms with Gasteiger partial charge in [0.25, 0.3) is 0 Å². The predicted molar refractivity (Wildman–Crippen MR) is 77.6 cm³/mol. The maximum absolute atomic E-state index is 6.06. The molecular weight excluding hydrogens is 260 g/mol. The molecule has 3 nitrogen and oxygen atoms in total. The van der Waals surface area contributed by atoms with Crippen molar-refractivity contribution in [2.75, 3.05) is 6.61 Å². The number of nitrogens with zero attached hydrogens (tertiary/aromatic N) is 2. The molecule has 1 aromatic carbocycles. The van der Waals surface area contributed by atoms with Gasteiger partial charge in [-0.2, -0.15) is 0 Å². The number of benzene rings is 1. The summed E-state index contributed by atoms with van der Waals surface area (Å²) < 4.78 is 8.15. The van der Waals surface area contributed by atoms with Gasteiger partial charge in [-0.3, -0.25) is 0 Å². The van der Waals surface area contributed by atoms with Crippen LogP contribution >= 0.6 is 11.6 Å². The van der Waals surface area contributed by atoms with Crippen LogP contribution in [-0.2, 0) is 17.2 Å². The van der Waals surface area contributed by atoms with Crippen molar-refractivity contribution in [3.63, 3.8) is 0 Å². The minimum atomic E-state index is -0.0866. The fourth-order valence-corrected chi connectivity index (χ4v) is 3.19. The summed E-state index contributed by atoms with van der Waals surface area (Å²) in [5, 5.41) is 0. The van der Waals surface area contributed by atoms with Gasteiger partial charge in [0.1, 0.15) is 5.82 Å². The molecule has 19 heavy (non-hydrogen) atoms. The Hall–Kier alpha value is -1.06. The Morgan fingerprint density at radius 2 is 2.32 bits per heavy atom. The maximum atomic E-state index is 6.06. The number of hydrogen-bond donors (Lipinski definition) is 0. The van der Waals surface area contributed by atoms with Crippen molar-refractivity contribution >= 4 is 22.6 Å². The predicted octanol–water partition coefficient (Wildman–Crippen LogP) is 3.65. The summed E-state index contributed by atoms with van der Waals surface area (Å²) >= 11 is 6.06. The van der Waals surface area contributed by atoms with Crippen LogP contribution in [0.2, 0.25) is 0 Å². The van der Waals surface area contributed by atoms with Gasteiger partial charge < -0.3 is 9.30 Å². The van der Waals surface area contributed by atoms with E-state index in [0.29, 0.717) is 5.88 Å². The van der Waals surface area contributed by atoms with Crippen LogP contribution in [0.1, 0.15) is 31.2 Å². The van der Waals surface area contributed by atoms with Crippen molar-refractivity contribution in [2.24, 2.45) is 0 Å². The Labute approximate surface area is 118 Å². The normalized spacial score (nSPS) is 23.3. The molecule has 0 bridgehead atoms. The van der Waals surface area contributed by atoms with Crippen LogP contribution in [0.3, 0.4) is 0 Å². The topological polar surface area (TPSA) is 27.1 Å². The van der Waals surface area contributed by atoms with Gasteiger partial charge in [0, 0.05) is 6.61 Å². The average Bonchev–Trinajstić information content (AvgIpc) is 2.95. The van der Waals surface area contributed by atoms with E-state index in [2.05, 4.69) is 29.5 Å². The van der Waals surface area contributed by atoms with Crippen LogP contribution in [0.4, 0.5) is 0 Å². The molecular formula is C15H19ClN2O. The third-order valence-electron chi connectivity index (χ3n) is 3.96. The van der Waals surface area contributed by atoms with Crippen LogP contribution in [-0.4, -0.2) is 21.8 Å². The van der Waals surface area contributed by atoms with Gasteiger partial charge in [-0.15, -0.1) is 11.6 Å². The molecule has 0 saturated carbocycles. The molecule has 1 aliphatic rings. The number of fused-ring (bicyclic) bond motifs is 1. The van der Waals surface area contributed by atoms with Gasteiger partial charge in [-0.25, -0.2) is 4.98 Å². The van der Waals surface area contributed by atoms with Crippen LogP contribution < -0.4 is 0 Å². The number of imidazole rings is 1. The number of hydrogen-bond acceptors (Lipinski definition) is 2. The van der Waals surface area contributed by atoms with Crippen LogP contribution in [0.15, 0.2) is 18.2 Å². The van der Waals surface area contributed by atoms with Crippen molar-refractivity contribution in [1.82, 2.24) is 9.55 Å². The summed E-state index contributed by atoms with van der Waals surface area (Å²) in [4.78, 5) is 4.64. The molecule has 102 valence electrons. The molecule has 1 aromatic heterocycles. The van der Waals surface area contributed by atoms with E-state index in [1.165, 1.54) is 11.1 Å². The van der Waals surface area contributed by atoms with Crippen LogP contribution in [0, 0.1) is 6.92 Å². The SMILES string of the molecule is Cc1cccc2nc(CCl)n(CC3(C)CCCO3)c12. The van der Waals surface area contributed by atoms with Crippen molar-refractivity contribution in [2.45, 2.75) is 44.7 Å². The molecule has 0 radical (unpaired) electrons. The Kier molecular flexibility index (Phi) is 3.27. The first-order valence-electron chi connectivity index (χ1n) is 6.78. The van der Waals surface area contributed by atoms with Gasteiger partial charge in [0.2, 0.25) is 0 Å². The quantitative estimate of drug-likeness (QED) is 0.802. The lowest BCUT2D eigenvalue weighted by molar-refractivity contribution is 0.00660. The summed E-state index contributed by atoms with van der Waals surface area (Å²) in [6.45, 7) is 5.99. The van der Waals surface area contributed by atoms with Crippen molar-refractivity contribution in [3.8, 4) is 0 Å². The van der Waals surface area contributed by atoms with E-state index in [1.54, 1.807) is 0 Å². The van der Waals surface area contributed by atoms with E-state index in [9.17, 15) is 0 Å². The third-order valence-corrected chi connectivity index (χ3v) is 4.20. The van der Waals surface area contributed by atoms with Crippen LogP contribution in [0.25, 0.3) is 11.0 Å². The molecule has 2 heterocycles. The molecule has 0 N–H and O–H groups in total. The number of halogens is 1. The lowest BCUT2D eigenvalue weighted by Gasteiger charge is -2.25. The first kappa shape index (κ1) is 12.9. The van der Waals surface area contributed by atoms with Gasteiger partial charge in [0.05, 0.1) is 29.1 Å². The molecule has 1 fully saturated rings. The Bertz CT molecular complexity index is 599. The second-order valence-corrected chi connectivity index (χ2v) is 5.86. The average molecular weight is 279 g/mol. The highest BCUT2D eigenvalue weighted by Gasteiger charge is 2.31. The summed E-state index contributed by atoms with van der Waals surface area (Å²) in [6.07, 6.45) is 2.23. The summed E-state index contributed by atoms with van der Waals surface area (Å²) in [5.74, 6) is 1.37. The number of alkyl halides is 1. The number of aromatic nitrogens is 2. The molecule has 0 spiro atoms. The first-order chi connectivity index (χ1) is 9.13. The van der Waals surface area contributed by atoms with E-state index in [0.717, 1.165) is 37.3 Å². The van der Waals surface area contributed by atoms with Crippen molar-refractivity contribution in [1.29, 1.82) is 0 Å². The lowest BCUT2D eigenvalue weighted by atomic mass is 10.0. The minimum Gasteiger partial charge on any atom is -0.373 e. The van der Waals surface area contributed by atoms with E-state index < -0.39 is 0 Å². The minimum absolute atomic E-state index is 0.0866. The second kappa shape index (κ2) is 4.80. The van der Waals surface area contributed by atoms with Crippen molar-refractivity contribution in [3.05, 3.63) is 29.6 Å². The van der Waals surface area contributed by atoms with E-state index in [4.69, 9.17) is 16.3 Å². The van der Waals surface area contributed by atoms with Gasteiger partial charge in [0.15, 0.2) is 0 Å². The standard InChI is InChI=1S/C15H19ClN2O/c1-11-5-3-6-12-14(11)18(13(9-16)17-12)10-15(2)7-4-8-19-15/h3,5-6H,4,7-10H2,1-2H3. The molecule has 1 aliphatic heterocycles. The second-order valence-electron chi connectivity index (χ2n) is 5.59. The van der Waals surface area contributed by atoms with E-state index in [1.807, 2.05) is 12.1 Å². The molecule has 1 unspecified atom stereocenters. The molecule has 0 aliphatic carbocycles. The molecule has 4 heteroatoms. The number of ether oxygens (including phenoxy) is 1. The zero-order valence-electron chi connectivity index (χ0n) is 11.4. The summed E-state index contributed by atoms with van der Waals surface area (Å²) in [5.41, 5.74) is 3.37. The smallest absolute Gasteiger partial charge is 0.124 e. The molecule has 1 atom stereocenters. The van der Waals surface area contributed by atoms with Crippen molar-refractivity contribution < 1.29 is 4.74 Å². The highest BCUT2D eigenvalue weighted by atomic mass is 35.5. The number of rotatable bonds is 3. The van der Waals surface area contributed by atoms with Gasteiger partial charge >= 0.3 is 0 Å². The van der Waals surface area contributed by atoms with E-state index >= 15 is 0 Å². The fourth-order valence-electron chi connectivity index (χ4n) is 2.98. The third kappa shape index (κ3) is 2.26. The first-order valence-corrected chi connectivity index (χ1v) is 7.31. The molecule has 2 aromatic rings. The largest absolute Gasteiger partial charge is 0.373 e. The molecule has 0 amide bonds. The fraction of sp³-hybridized carbons (Fsp3) is 0.533. The highest BCUT2D eigenvalue weighted by molar-refractivity contribution is 6.16. The lowest BCUT2D eigenvalue weighted by Crippen LogP contribution is -2.30. The maximum Gasteiger partial charge on any atom is 0.124 e. The van der Waals surface area contributed by atoms with Gasteiger partial charge in [-0.05, 0) is 38.3 Å². The Morgan fingerprint density at radius 3 is 3.00 bits per heavy atom. The molecule has 3 rings (SSSR count). The highest BCUT2D eigenvalue weighted by Crippen LogP contribution is 2.30. The monoisotopic (exact) mass is 278 g/mol. The van der Waals surface area contributed by atoms with Crippen LogP contribution in [0.5, 0.6) is 0 Å². The summed E-state index contributed by atoms with van der Waals surface area (Å²) in [6, 6.07) is 6.21. The van der Waals surface area contributed by atoms with E-state index in [-0.39, 0.29) is 5.60 Å². The zero-order chi connectivity index (χ0) is 13.5. The summed E-state index contributed by atoms with van der Waals surface area (Å²) in [7, 11) is 0. The number of aryl methyl sites for hydroxylation is 1. The zero-order valence-corrected chi connectivity index (χ0v) is 12.2. The van der Waals surface area contributed by atoms with Gasteiger partial charge in [-0.1, -0.05) is 12.1 Å². The Morgan fingerprint density at radius 1 is 1.47 bits per heavy atom. The number of para-hydroxylation sites is 1. The molecule has 1 saturated heterocycles.